The average Bonchev–Trinajstić information content (AvgIpc) is 2.63. The van der Waals surface area contributed by atoms with Crippen molar-refractivity contribution in [2.45, 2.75) is 31.2 Å². The number of benzene rings is 1. The molecule has 0 saturated carbocycles. The molecule has 0 saturated heterocycles. The van der Waals surface area contributed by atoms with Crippen LogP contribution in [0.4, 0.5) is 0 Å². The first kappa shape index (κ1) is 21.8. The Balaban J connectivity index is 2.68. The van der Waals surface area contributed by atoms with E-state index in [-0.39, 0.29) is 11.5 Å². The molecule has 26 heavy (non-hydrogen) atoms. The third-order valence-corrected chi connectivity index (χ3v) is 4.22. The minimum atomic E-state index is -0.776. The van der Waals surface area contributed by atoms with Crippen molar-refractivity contribution < 1.29 is 28.6 Å². The Morgan fingerprint density at radius 1 is 1.19 bits per heavy atom. The zero-order chi connectivity index (χ0) is 19.7. The molecule has 0 heterocycles. The Hall–Kier alpha value is -2.22. The van der Waals surface area contributed by atoms with Crippen LogP contribution in [-0.2, 0) is 19.1 Å². The SMILES string of the molecule is COC(=O)[C@@H](CC(C)C)NC(=O)COC(=O)c1ccc(SC)cc1OC. The molecule has 0 aliphatic rings. The van der Waals surface area contributed by atoms with Crippen LogP contribution in [0.1, 0.15) is 30.6 Å². The van der Waals surface area contributed by atoms with E-state index in [0.29, 0.717) is 12.2 Å². The fourth-order valence-corrected chi connectivity index (χ4v) is 2.67. The summed E-state index contributed by atoms with van der Waals surface area (Å²) in [6.45, 7) is 3.34. The van der Waals surface area contributed by atoms with Crippen molar-refractivity contribution in [3.05, 3.63) is 23.8 Å². The maximum atomic E-state index is 12.2. The summed E-state index contributed by atoms with van der Waals surface area (Å²) in [5.74, 6) is -1.24. The van der Waals surface area contributed by atoms with Crippen molar-refractivity contribution in [1.29, 1.82) is 0 Å². The van der Waals surface area contributed by atoms with Gasteiger partial charge in [-0.3, -0.25) is 4.79 Å². The molecule has 0 aliphatic carbocycles. The van der Waals surface area contributed by atoms with E-state index in [9.17, 15) is 14.4 Å². The summed E-state index contributed by atoms with van der Waals surface area (Å²) >= 11 is 1.51. The molecule has 0 bridgehead atoms. The quantitative estimate of drug-likeness (QED) is 0.517. The molecule has 7 nitrogen and oxygen atoms in total. The van der Waals surface area contributed by atoms with Gasteiger partial charge in [0.2, 0.25) is 0 Å². The van der Waals surface area contributed by atoms with Crippen LogP contribution in [0.5, 0.6) is 5.75 Å². The zero-order valence-corrected chi connectivity index (χ0v) is 16.5. The van der Waals surface area contributed by atoms with Crippen LogP contribution in [0, 0.1) is 5.92 Å². The Morgan fingerprint density at radius 3 is 2.42 bits per heavy atom. The summed E-state index contributed by atoms with van der Waals surface area (Å²) in [6.07, 6.45) is 2.34. The Bertz CT molecular complexity index is 647. The second-order valence-electron chi connectivity index (χ2n) is 5.92. The fourth-order valence-electron chi connectivity index (χ4n) is 2.24. The second kappa shape index (κ2) is 10.7. The van der Waals surface area contributed by atoms with E-state index in [1.165, 1.54) is 26.0 Å². The number of carbonyl (C=O) groups is 3. The minimum Gasteiger partial charge on any atom is -0.496 e. The monoisotopic (exact) mass is 383 g/mol. The van der Waals surface area contributed by atoms with Crippen LogP contribution in [0.25, 0.3) is 0 Å². The first-order valence-electron chi connectivity index (χ1n) is 8.08. The molecule has 0 spiro atoms. The van der Waals surface area contributed by atoms with Gasteiger partial charge >= 0.3 is 11.9 Å². The lowest BCUT2D eigenvalue weighted by Gasteiger charge is -2.18. The molecule has 1 rings (SSSR count). The Kier molecular flexibility index (Phi) is 8.98. The van der Waals surface area contributed by atoms with Gasteiger partial charge in [0.1, 0.15) is 17.4 Å². The largest absolute Gasteiger partial charge is 0.496 e. The van der Waals surface area contributed by atoms with Gasteiger partial charge in [-0.2, -0.15) is 0 Å². The average molecular weight is 383 g/mol. The van der Waals surface area contributed by atoms with Gasteiger partial charge in [0.25, 0.3) is 5.91 Å². The van der Waals surface area contributed by atoms with Gasteiger partial charge in [0.05, 0.1) is 14.2 Å². The summed E-state index contributed by atoms with van der Waals surface area (Å²) in [4.78, 5) is 36.9. The topological polar surface area (TPSA) is 90.9 Å². The maximum Gasteiger partial charge on any atom is 0.342 e. The van der Waals surface area contributed by atoms with Crippen LogP contribution in [-0.4, -0.2) is 51.0 Å². The van der Waals surface area contributed by atoms with E-state index < -0.39 is 30.5 Å². The molecular formula is C18H25NO6S. The van der Waals surface area contributed by atoms with E-state index in [1.807, 2.05) is 20.1 Å². The van der Waals surface area contributed by atoms with Crippen molar-refractivity contribution in [2.24, 2.45) is 5.92 Å². The Labute approximate surface area is 157 Å². The lowest BCUT2D eigenvalue weighted by Crippen LogP contribution is -2.44. The number of nitrogens with one attached hydrogen (secondary N) is 1. The number of thioether (sulfide) groups is 1. The molecular weight excluding hydrogens is 358 g/mol. The van der Waals surface area contributed by atoms with Crippen molar-refractivity contribution in [1.82, 2.24) is 5.32 Å². The molecule has 0 fully saturated rings. The summed E-state index contributed by atoms with van der Waals surface area (Å²) in [7, 11) is 2.71. The summed E-state index contributed by atoms with van der Waals surface area (Å²) in [5.41, 5.74) is 0.227. The van der Waals surface area contributed by atoms with Gasteiger partial charge in [-0.25, -0.2) is 9.59 Å². The molecule has 0 aliphatic heterocycles. The highest BCUT2D eigenvalue weighted by molar-refractivity contribution is 7.98. The highest BCUT2D eigenvalue weighted by Gasteiger charge is 2.23. The third-order valence-electron chi connectivity index (χ3n) is 3.49. The van der Waals surface area contributed by atoms with Crippen molar-refractivity contribution >= 4 is 29.6 Å². The maximum absolute atomic E-state index is 12.2. The number of carbonyl (C=O) groups excluding carboxylic acids is 3. The minimum absolute atomic E-state index is 0.182. The standard InChI is InChI=1S/C18H25NO6S/c1-11(2)8-14(18(22)24-4)19-16(20)10-25-17(21)13-7-6-12(26-5)9-15(13)23-3/h6-7,9,11,14H,8,10H2,1-5H3,(H,19,20)/t14-/m1/s1. The number of hydrogen-bond donors (Lipinski definition) is 1. The number of ether oxygens (including phenoxy) is 3. The van der Waals surface area contributed by atoms with Crippen molar-refractivity contribution in [2.75, 3.05) is 27.1 Å². The summed E-state index contributed by atoms with van der Waals surface area (Å²) in [5, 5.41) is 2.53. The highest BCUT2D eigenvalue weighted by Crippen LogP contribution is 2.25. The molecule has 8 heteroatoms. The van der Waals surface area contributed by atoms with E-state index in [2.05, 4.69) is 10.1 Å². The molecule has 1 aromatic carbocycles. The van der Waals surface area contributed by atoms with Crippen molar-refractivity contribution in [3.63, 3.8) is 0 Å². The molecule has 1 atom stereocenters. The van der Waals surface area contributed by atoms with Crippen molar-refractivity contribution in [3.8, 4) is 5.75 Å². The van der Waals surface area contributed by atoms with Crippen LogP contribution in [0.2, 0.25) is 0 Å². The lowest BCUT2D eigenvalue weighted by atomic mass is 10.0. The molecule has 1 N–H and O–H groups in total. The molecule has 0 unspecified atom stereocenters. The molecule has 0 radical (unpaired) electrons. The molecule has 1 aromatic rings. The summed E-state index contributed by atoms with van der Waals surface area (Å²) < 4.78 is 14.9. The predicted molar refractivity (Wildman–Crippen MR) is 98.5 cm³/mol. The smallest absolute Gasteiger partial charge is 0.342 e. The van der Waals surface area contributed by atoms with Gasteiger partial charge in [0.15, 0.2) is 6.61 Å². The van der Waals surface area contributed by atoms with Crippen LogP contribution in [0.3, 0.4) is 0 Å². The molecule has 0 aromatic heterocycles. The van der Waals surface area contributed by atoms with Gasteiger partial charge in [-0.15, -0.1) is 11.8 Å². The normalized spacial score (nSPS) is 11.6. The van der Waals surface area contributed by atoms with Crippen LogP contribution < -0.4 is 10.1 Å². The fraction of sp³-hybridized carbons (Fsp3) is 0.500. The number of hydrogen-bond acceptors (Lipinski definition) is 7. The van der Waals surface area contributed by atoms with E-state index in [4.69, 9.17) is 9.47 Å². The van der Waals surface area contributed by atoms with Gasteiger partial charge < -0.3 is 19.5 Å². The predicted octanol–water partition coefficient (Wildman–Crippen LogP) is 2.28. The van der Waals surface area contributed by atoms with E-state index in [1.54, 1.807) is 18.2 Å². The number of esters is 2. The van der Waals surface area contributed by atoms with Gasteiger partial charge in [0, 0.05) is 4.90 Å². The van der Waals surface area contributed by atoms with E-state index >= 15 is 0 Å². The summed E-state index contributed by atoms with van der Waals surface area (Å²) in [6, 6.07) is 4.29. The zero-order valence-electron chi connectivity index (χ0n) is 15.7. The number of methoxy groups -OCH3 is 2. The van der Waals surface area contributed by atoms with Gasteiger partial charge in [-0.1, -0.05) is 13.8 Å². The second-order valence-corrected chi connectivity index (χ2v) is 6.79. The molecule has 144 valence electrons. The number of rotatable bonds is 9. The lowest BCUT2D eigenvalue weighted by molar-refractivity contribution is -0.145. The number of amides is 1. The first-order chi connectivity index (χ1) is 12.3. The third kappa shape index (κ3) is 6.59. The Morgan fingerprint density at radius 2 is 1.88 bits per heavy atom. The van der Waals surface area contributed by atoms with Gasteiger partial charge in [-0.05, 0) is 36.8 Å². The first-order valence-corrected chi connectivity index (χ1v) is 9.31. The van der Waals surface area contributed by atoms with E-state index in [0.717, 1.165) is 4.90 Å². The van der Waals surface area contributed by atoms with Crippen LogP contribution in [0.15, 0.2) is 23.1 Å². The molecule has 1 amide bonds. The highest BCUT2D eigenvalue weighted by atomic mass is 32.2. The van der Waals surface area contributed by atoms with Crippen LogP contribution >= 0.6 is 11.8 Å².